The average molecular weight is 377 g/mol. The molecule has 0 N–H and O–H groups in total. The van der Waals surface area contributed by atoms with E-state index >= 15 is 0 Å². The van der Waals surface area contributed by atoms with E-state index < -0.39 is 22.7 Å². The number of halogens is 1. The third-order valence-electron chi connectivity index (χ3n) is 3.68. The lowest BCUT2D eigenvalue weighted by atomic mass is 10.0. The number of Topliss-reactive ketones (excluding diaryl/α,β-unsaturated/α-hetero) is 1. The Kier molecular flexibility index (Phi) is 6.26. The van der Waals surface area contributed by atoms with E-state index in [1.807, 2.05) is 0 Å². The molecule has 7 heteroatoms. The SMILES string of the molecule is Cc1cc(C(=O)C[S@](=O)c2ccc(F)cc2)cc(C)c1OC(=O)N(C)C. The molecule has 2 aromatic rings. The van der Waals surface area contributed by atoms with Gasteiger partial charge in [0, 0.05) is 24.6 Å². The van der Waals surface area contributed by atoms with E-state index in [-0.39, 0.29) is 11.5 Å². The number of benzene rings is 2. The largest absolute Gasteiger partial charge is 0.414 e. The van der Waals surface area contributed by atoms with E-state index in [1.54, 1.807) is 40.1 Å². The maximum atomic E-state index is 12.9. The first kappa shape index (κ1) is 19.8. The first-order valence-corrected chi connectivity index (χ1v) is 9.18. The fraction of sp³-hybridized carbons (Fsp3) is 0.263. The van der Waals surface area contributed by atoms with E-state index in [0.717, 1.165) is 0 Å². The van der Waals surface area contributed by atoms with Crippen molar-refractivity contribution < 1.29 is 22.9 Å². The van der Waals surface area contributed by atoms with Crippen molar-refractivity contribution >= 4 is 22.7 Å². The Morgan fingerprint density at radius 1 is 1.08 bits per heavy atom. The quantitative estimate of drug-likeness (QED) is 0.748. The molecule has 0 aliphatic rings. The highest BCUT2D eigenvalue weighted by molar-refractivity contribution is 7.85. The summed E-state index contributed by atoms with van der Waals surface area (Å²) in [5.41, 5.74) is 1.66. The number of carbonyl (C=O) groups is 2. The van der Waals surface area contributed by atoms with Gasteiger partial charge in [-0.3, -0.25) is 9.00 Å². The zero-order valence-corrected chi connectivity index (χ0v) is 15.9. The monoisotopic (exact) mass is 377 g/mol. The number of aryl methyl sites for hydroxylation is 2. The summed E-state index contributed by atoms with van der Waals surface area (Å²) >= 11 is 0. The highest BCUT2D eigenvalue weighted by Gasteiger charge is 2.17. The van der Waals surface area contributed by atoms with Gasteiger partial charge in [0.2, 0.25) is 0 Å². The molecule has 26 heavy (non-hydrogen) atoms. The summed E-state index contributed by atoms with van der Waals surface area (Å²) in [7, 11) is 1.59. The second kappa shape index (κ2) is 8.23. The number of ketones is 1. The molecule has 1 amide bonds. The van der Waals surface area contributed by atoms with Gasteiger partial charge in [0.05, 0.1) is 16.6 Å². The number of hydrogen-bond donors (Lipinski definition) is 0. The number of hydrogen-bond acceptors (Lipinski definition) is 4. The predicted molar refractivity (Wildman–Crippen MR) is 97.6 cm³/mol. The van der Waals surface area contributed by atoms with Gasteiger partial charge in [-0.15, -0.1) is 0 Å². The summed E-state index contributed by atoms with van der Waals surface area (Å²) in [4.78, 5) is 25.9. The van der Waals surface area contributed by atoms with Crippen LogP contribution in [-0.4, -0.2) is 40.8 Å². The Bertz CT molecular complexity index is 839. The number of amides is 1. The number of carbonyl (C=O) groups excluding carboxylic acids is 2. The van der Waals surface area contributed by atoms with Gasteiger partial charge in [0.1, 0.15) is 11.6 Å². The molecule has 2 aromatic carbocycles. The van der Waals surface area contributed by atoms with Crippen molar-refractivity contribution in [2.24, 2.45) is 0 Å². The predicted octanol–water partition coefficient (Wildman–Crippen LogP) is 3.49. The molecule has 0 unspecified atom stereocenters. The van der Waals surface area contributed by atoms with Crippen molar-refractivity contribution in [3.8, 4) is 5.75 Å². The highest BCUT2D eigenvalue weighted by Crippen LogP contribution is 2.26. The zero-order chi connectivity index (χ0) is 19.4. The van der Waals surface area contributed by atoms with Gasteiger partial charge >= 0.3 is 6.09 Å². The van der Waals surface area contributed by atoms with Gasteiger partial charge in [0.15, 0.2) is 5.78 Å². The molecular formula is C19H20FNO4S. The minimum absolute atomic E-state index is 0.207. The van der Waals surface area contributed by atoms with Crippen LogP contribution in [0.25, 0.3) is 0 Å². The maximum Gasteiger partial charge on any atom is 0.414 e. The van der Waals surface area contributed by atoms with Crippen molar-refractivity contribution in [3.63, 3.8) is 0 Å². The fourth-order valence-electron chi connectivity index (χ4n) is 2.32. The van der Waals surface area contributed by atoms with Crippen LogP contribution >= 0.6 is 0 Å². The van der Waals surface area contributed by atoms with Crippen molar-refractivity contribution in [3.05, 3.63) is 58.9 Å². The summed E-state index contributed by atoms with van der Waals surface area (Å²) in [5, 5.41) is 0. The van der Waals surface area contributed by atoms with Crippen molar-refractivity contribution in [2.45, 2.75) is 18.7 Å². The molecule has 0 spiro atoms. The Morgan fingerprint density at radius 3 is 2.12 bits per heavy atom. The van der Waals surface area contributed by atoms with Gasteiger partial charge in [-0.05, 0) is 61.4 Å². The van der Waals surface area contributed by atoms with Gasteiger partial charge in [-0.2, -0.15) is 0 Å². The molecule has 0 radical (unpaired) electrons. The Hall–Kier alpha value is -2.54. The van der Waals surface area contributed by atoms with Crippen LogP contribution in [0.1, 0.15) is 21.5 Å². The van der Waals surface area contributed by atoms with Crippen LogP contribution in [0.15, 0.2) is 41.3 Å². The summed E-state index contributed by atoms with van der Waals surface area (Å²) in [5.74, 6) is -0.531. The lowest BCUT2D eigenvalue weighted by Crippen LogP contribution is -2.26. The molecular weight excluding hydrogens is 357 g/mol. The zero-order valence-electron chi connectivity index (χ0n) is 15.0. The van der Waals surface area contributed by atoms with Crippen LogP contribution in [0, 0.1) is 19.7 Å². The Morgan fingerprint density at radius 2 is 1.62 bits per heavy atom. The van der Waals surface area contributed by atoms with Crippen LogP contribution in [0.3, 0.4) is 0 Å². The molecule has 0 saturated carbocycles. The molecule has 5 nitrogen and oxygen atoms in total. The van der Waals surface area contributed by atoms with Crippen molar-refractivity contribution in [2.75, 3.05) is 19.8 Å². The molecule has 0 heterocycles. The minimum Gasteiger partial charge on any atom is -0.410 e. The molecule has 1 atom stereocenters. The fourth-order valence-corrected chi connectivity index (χ4v) is 3.33. The van der Waals surface area contributed by atoms with Crippen LogP contribution in [0.5, 0.6) is 5.75 Å². The van der Waals surface area contributed by atoms with E-state index in [2.05, 4.69) is 0 Å². The summed E-state index contributed by atoms with van der Waals surface area (Å²) in [6.45, 7) is 3.47. The van der Waals surface area contributed by atoms with Crippen molar-refractivity contribution in [1.29, 1.82) is 0 Å². The third-order valence-corrected chi connectivity index (χ3v) is 5.00. The maximum absolute atomic E-state index is 12.9. The third kappa shape index (κ3) is 4.76. The molecule has 138 valence electrons. The molecule has 2 rings (SSSR count). The normalized spacial score (nSPS) is 11.7. The second-order valence-electron chi connectivity index (χ2n) is 6.07. The summed E-state index contributed by atoms with van der Waals surface area (Å²) in [6.07, 6.45) is -0.507. The average Bonchev–Trinajstić information content (AvgIpc) is 2.57. The Balaban J connectivity index is 2.18. The lowest BCUT2D eigenvalue weighted by Gasteiger charge is -2.15. The first-order chi connectivity index (χ1) is 12.2. The van der Waals surface area contributed by atoms with Gasteiger partial charge in [0.25, 0.3) is 0 Å². The smallest absolute Gasteiger partial charge is 0.410 e. The second-order valence-corrected chi connectivity index (χ2v) is 7.52. The van der Waals surface area contributed by atoms with Crippen LogP contribution in [-0.2, 0) is 10.8 Å². The van der Waals surface area contributed by atoms with Gasteiger partial charge in [-0.25, -0.2) is 9.18 Å². The van der Waals surface area contributed by atoms with Crippen LogP contribution in [0.4, 0.5) is 9.18 Å². The minimum atomic E-state index is -1.56. The van der Waals surface area contributed by atoms with Gasteiger partial charge < -0.3 is 9.64 Å². The molecule has 0 fully saturated rings. The van der Waals surface area contributed by atoms with Gasteiger partial charge in [-0.1, -0.05) is 0 Å². The van der Waals surface area contributed by atoms with Crippen LogP contribution in [0.2, 0.25) is 0 Å². The van der Waals surface area contributed by atoms with E-state index in [9.17, 15) is 18.2 Å². The Labute approximate surface area is 154 Å². The molecule has 0 aliphatic carbocycles. The van der Waals surface area contributed by atoms with Crippen molar-refractivity contribution in [1.82, 2.24) is 4.90 Å². The van der Waals surface area contributed by atoms with Crippen LogP contribution < -0.4 is 4.74 Å². The number of rotatable bonds is 5. The van der Waals surface area contributed by atoms with E-state index in [4.69, 9.17) is 4.74 Å². The topological polar surface area (TPSA) is 63.7 Å². The first-order valence-electron chi connectivity index (χ1n) is 7.86. The molecule has 0 aromatic heterocycles. The highest BCUT2D eigenvalue weighted by atomic mass is 32.2. The summed E-state index contributed by atoms with van der Waals surface area (Å²) < 4.78 is 30.5. The molecule has 0 saturated heterocycles. The van der Waals surface area contributed by atoms with E-state index in [1.165, 1.54) is 29.2 Å². The molecule has 0 bridgehead atoms. The standard InChI is InChI=1S/C19H20FNO4S/c1-12-9-14(10-13(2)18(12)25-19(23)21(3)4)17(22)11-26(24)16-7-5-15(20)6-8-16/h5-10H,11H2,1-4H3/t26-/m0/s1. The lowest BCUT2D eigenvalue weighted by molar-refractivity contribution is 0.102. The number of ether oxygens (including phenoxy) is 1. The summed E-state index contributed by atoms with van der Waals surface area (Å²) in [6, 6.07) is 8.43. The molecule has 0 aliphatic heterocycles. The van der Waals surface area contributed by atoms with E-state index in [0.29, 0.717) is 27.3 Å². The number of nitrogens with zero attached hydrogens (tertiary/aromatic N) is 1.